The van der Waals surface area contributed by atoms with E-state index < -0.39 is 0 Å². The van der Waals surface area contributed by atoms with Gasteiger partial charge in [0, 0.05) is 30.9 Å². The second kappa shape index (κ2) is 13.0. The molecule has 3 aromatic carbocycles. The number of hydrogen-bond donors (Lipinski definition) is 1. The summed E-state index contributed by atoms with van der Waals surface area (Å²) < 4.78 is 5.38. The largest absolute Gasteiger partial charge is 0.379 e. The average molecular weight is 486 g/mol. The lowest BCUT2D eigenvalue weighted by Gasteiger charge is -2.26. The summed E-state index contributed by atoms with van der Waals surface area (Å²) in [6, 6.07) is 25.4. The van der Waals surface area contributed by atoms with Gasteiger partial charge in [-0.3, -0.25) is 14.5 Å². The Bertz CT molecular complexity index is 1140. The third kappa shape index (κ3) is 7.26. The van der Waals surface area contributed by atoms with E-state index in [9.17, 15) is 9.59 Å². The molecule has 1 heterocycles. The zero-order valence-corrected chi connectivity index (χ0v) is 21.0. The predicted octanol–water partition coefficient (Wildman–Crippen LogP) is 4.22. The van der Waals surface area contributed by atoms with Crippen LogP contribution in [0.15, 0.2) is 78.9 Å². The van der Waals surface area contributed by atoms with Gasteiger partial charge in [-0.25, -0.2) is 0 Å². The highest BCUT2D eigenvalue weighted by Gasteiger charge is 2.20. The van der Waals surface area contributed by atoms with Crippen LogP contribution in [0, 0.1) is 6.92 Å². The van der Waals surface area contributed by atoms with Crippen LogP contribution >= 0.6 is 0 Å². The Morgan fingerprint density at radius 1 is 0.917 bits per heavy atom. The van der Waals surface area contributed by atoms with Gasteiger partial charge in [0.1, 0.15) is 0 Å². The van der Waals surface area contributed by atoms with E-state index in [2.05, 4.69) is 10.2 Å². The molecule has 1 aliphatic heterocycles. The van der Waals surface area contributed by atoms with Crippen LogP contribution in [0.3, 0.4) is 0 Å². The summed E-state index contributed by atoms with van der Waals surface area (Å²) in [6.07, 6.45) is 1.20. The normalized spacial score (nSPS) is 13.8. The number of hydrogen-bond acceptors (Lipinski definition) is 4. The highest BCUT2D eigenvalue weighted by molar-refractivity contribution is 6.07. The minimum atomic E-state index is -0.0540. The molecule has 4 rings (SSSR count). The second-order valence-electron chi connectivity index (χ2n) is 9.20. The van der Waals surface area contributed by atoms with Gasteiger partial charge in [0.2, 0.25) is 5.91 Å². The Labute approximate surface area is 213 Å². The highest BCUT2D eigenvalue weighted by atomic mass is 16.5. The lowest BCUT2D eigenvalue weighted by molar-refractivity contribution is -0.120. The van der Waals surface area contributed by atoms with Crippen LogP contribution in [0.4, 0.5) is 5.69 Å². The van der Waals surface area contributed by atoms with Crippen molar-refractivity contribution in [1.29, 1.82) is 0 Å². The number of benzene rings is 3. The molecule has 0 aromatic heterocycles. The fourth-order valence-corrected chi connectivity index (χ4v) is 4.44. The van der Waals surface area contributed by atoms with Crippen molar-refractivity contribution < 1.29 is 14.3 Å². The van der Waals surface area contributed by atoms with Crippen molar-refractivity contribution >= 4 is 17.5 Å². The van der Waals surface area contributed by atoms with E-state index in [-0.39, 0.29) is 18.2 Å². The molecule has 0 spiro atoms. The van der Waals surface area contributed by atoms with Crippen molar-refractivity contribution in [3.8, 4) is 0 Å². The lowest BCUT2D eigenvalue weighted by atomic mass is 10.1. The quantitative estimate of drug-likeness (QED) is 0.437. The number of aryl methyl sites for hydroxylation is 1. The number of ether oxygens (including phenoxy) is 1. The summed E-state index contributed by atoms with van der Waals surface area (Å²) in [5.74, 6) is -0.0596. The van der Waals surface area contributed by atoms with Crippen LogP contribution in [-0.4, -0.2) is 56.1 Å². The summed E-state index contributed by atoms with van der Waals surface area (Å²) in [5.41, 5.74) is 4.33. The molecular weight excluding hydrogens is 450 g/mol. The number of nitrogens with one attached hydrogen (secondary N) is 1. The minimum absolute atomic E-state index is 0.00559. The summed E-state index contributed by atoms with van der Waals surface area (Å²) in [7, 11) is 0. The first kappa shape index (κ1) is 25.6. The van der Waals surface area contributed by atoms with Crippen LogP contribution in [0.5, 0.6) is 0 Å². The van der Waals surface area contributed by atoms with Gasteiger partial charge < -0.3 is 15.0 Å². The zero-order valence-electron chi connectivity index (χ0n) is 21.0. The number of morpholine rings is 1. The molecule has 1 saturated heterocycles. The Kier molecular flexibility index (Phi) is 9.25. The van der Waals surface area contributed by atoms with Gasteiger partial charge in [-0.15, -0.1) is 0 Å². The van der Waals surface area contributed by atoms with Crippen molar-refractivity contribution in [3.05, 3.63) is 101 Å². The molecule has 36 heavy (non-hydrogen) atoms. The average Bonchev–Trinajstić information content (AvgIpc) is 2.91. The summed E-state index contributed by atoms with van der Waals surface area (Å²) in [4.78, 5) is 30.4. The van der Waals surface area contributed by atoms with E-state index in [1.165, 1.54) is 0 Å². The van der Waals surface area contributed by atoms with Gasteiger partial charge >= 0.3 is 0 Å². The number of carbonyl (C=O) groups excluding carboxylic acids is 2. The Morgan fingerprint density at radius 2 is 1.64 bits per heavy atom. The molecule has 0 bridgehead atoms. The van der Waals surface area contributed by atoms with E-state index in [1.807, 2.05) is 85.8 Å². The maximum absolute atomic E-state index is 13.6. The minimum Gasteiger partial charge on any atom is -0.379 e. The predicted molar refractivity (Wildman–Crippen MR) is 143 cm³/mol. The molecule has 1 fully saturated rings. The van der Waals surface area contributed by atoms with Crippen molar-refractivity contribution in [1.82, 2.24) is 10.2 Å². The molecule has 0 unspecified atom stereocenters. The molecule has 188 valence electrons. The van der Waals surface area contributed by atoms with E-state index >= 15 is 0 Å². The van der Waals surface area contributed by atoms with Gasteiger partial charge in [-0.2, -0.15) is 0 Å². The van der Waals surface area contributed by atoms with Crippen LogP contribution in [-0.2, 0) is 22.5 Å². The van der Waals surface area contributed by atoms with Gasteiger partial charge in [-0.1, -0.05) is 60.7 Å². The molecule has 0 radical (unpaired) electrons. The highest BCUT2D eigenvalue weighted by Crippen LogP contribution is 2.23. The lowest BCUT2D eigenvalue weighted by Crippen LogP contribution is -2.38. The first-order chi connectivity index (χ1) is 17.6. The monoisotopic (exact) mass is 485 g/mol. The smallest absolute Gasteiger partial charge is 0.258 e. The van der Waals surface area contributed by atoms with Crippen molar-refractivity contribution in [2.24, 2.45) is 0 Å². The molecule has 3 aromatic rings. The van der Waals surface area contributed by atoms with Crippen LogP contribution in [0.2, 0.25) is 0 Å². The molecule has 1 aliphatic rings. The Morgan fingerprint density at radius 3 is 2.42 bits per heavy atom. The molecule has 2 amide bonds. The summed E-state index contributed by atoms with van der Waals surface area (Å²) in [6.45, 7) is 7.52. The molecule has 6 nitrogen and oxygen atoms in total. The molecule has 0 atom stereocenters. The van der Waals surface area contributed by atoms with Crippen LogP contribution < -0.4 is 10.2 Å². The van der Waals surface area contributed by atoms with Crippen LogP contribution in [0.1, 0.15) is 33.5 Å². The van der Waals surface area contributed by atoms with Crippen LogP contribution in [0.25, 0.3) is 0 Å². The third-order valence-corrected chi connectivity index (χ3v) is 6.47. The zero-order chi connectivity index (χ0) is 25.2. The van der Waals surface area contributed by atoms with Crippen molar-refractivity contribution in [2.45, 2.75) is 26.3 Å². The fourth-order valence-electron chi connectivity index (χ4n) is 4.44. The maximum atomic E-state index is 13.6. The molecule has 0 aliphatic carbocycles. The number of nitrogens with zero attached hydrogens (tertiary/aromatic N) is 2. The number of rotatable bonds is 10. The first-order valence-electron chi connectivity index (χ1n) is 12.7. The van der Waals surface area contributed by atoms with Crippen molar-refractivity contribution in [2.75, 3.05) is 44.3 Å². The van der Waals surface area contributed by atoms with Crippen molar-refractivity contribution in [3.63, 3.8) is 0 Å². The van der Waals surface area contributed by atoms with Gasteiger partial charge in [-0.05, 0) is 54.8 Å². The SMILES string of the molecule is Cc1ccccc1C(=O)N(Cc1ccccc1)c1cccc(CC(=O)NCCCN2CCOCC2)c1. The van der Waals surface area contributed by atoms with Gasteiger partial charge in [0.15, 0.2) is 0 Å². The maximum Gasteiger partial charge on any atom is 0.258 e. The van der Waals surface area contributed by atoms with E-state index in [0.717, 1.165) is 61.6 Å². The molecule has 6 heteroatoms. The molecular formula is C30H35N3O3. The summed E-state index contributed by atoms with van der Waals surface area (Å²) in [5, 5.41) is 3.04. The third-order valence-electron chi connectivity index (χ3n) is 6.47. The van der Waals surface area contributed by atoms with E-state index in [0.29, 0.717) is 18.7 Å². The Hall–Kier alpha value is -3.48. The molecule has 1 N–H and O–H groups in total. The van der Waals surface area contributed by atoms with Gasteiger partial charge in [0.25, 0.3) is 5.91 Å². The Balaban J connectivity index is 1.42. The number of amides is 2. The molecule has 0 saturated carbocycles. The standard InChI is InChI=1S/C30H35N3O3/c1-24-9-5-6-14-28(24)30(35)33(23-25-10-3-2-4-11-25)27-13-7-12-26(21-27)22-29(34)31-15-8-16-32-17-19-36-20-18-32/h2-7,9-14,21H,8,15-20,22-23H2,1H3,(H,31,34). The summed E-state index contributed by atoms with van der Waals surface area (Å²) >= 11 is 0. The van der Waals surface area contributed by atoms with E-state index in [1.54, 1.807) is 4.90 Å². The van der Waals surface area contributed by atoms with E-state index in [4.69, 9.17) is 4.74 Å². The topological polar surface area (TPSA) is 61.9 Å². The number of anilines is 1. The fraction of sp³-hybridized carbons (Fsp3) is 0.333. The first-order valence-corrected chi connectivity index (χ1v) is 12.7. The van der Waals surface area contributed by atoms with Gasteiger partial charge in [0.05, 0.1) is 26.2 Å². The number of carbonyl (C=O) groups is 2. The second-order valence-corrected chi connectivity index (χ2v) is 9.20.